The van der Waals surface area contributed by atoms with Crippen molar-refractivity contribution in [3.05, 3.63) is 62.0 Å². The molecule has 0 aliphatic rings. The molecule has 6 heteroatoms. The molecule has 0 bridgehead atoms. The second-order valence-electron chi connectivity index (χ2n) is 4.28. The maximum Gasteiger partial charge on any atom is 0.337 e. The van der Waals surface area contributed by atoms with Gasteiger partial charge in [-0.15, -0.1) is 0 Å². The van der Waals surface area contributed by atoms with Crippen molar-refractivity contribution >= 4 is 50.8 Å². The number of benzene rings is 2. The Morgan fingerprint density at radius 1 is 1.19 bits per heavy atom. The molecule has 0 atom stereocenters. The third-order valence-electron chi connectivity index (χ3n) is 2.87. The molecule has 0 amide bonds. The van der Waals surface area contributed by atoms with E-state index in [-0.39, 0.29) is 0 Å². The summed E-state index contributed by atoms with van der Waals surface area (Å²) in [7, 11) is 1.34. The molecule has 0 saturated heterocycles. The number of carbonyl (C=O) groups is 1. The smallest absolute Gasteiger partial charge is 0.337 e. The Kier molecular flexibility index (Phi) is 5.51. The minimum Gasteiger partial charge on any atom is -0.465 e. The Morgan fingerprint density at radius 3 is 2.62 bits per heavy atom. The maximum atomic E-state index is 11.5. The Bertz CT molecular complexity index is 677. The topological polar surface area (TPSA) is 38.3 Å². The SMILES string of the molecule is COC(=O)c1ccc(Cl)c(NCc2ccc(Br)cc2Cl)c1. The van der Waals surface area contributed by atoms with E-state index in [9.17, 15) is 4.79 Å². The van der Waals surface area contributed by atoms with E-state index in [0.29, 0.717) is 27.8 Å². The highest BCUT2D eigenvalue weighted by molar-refractivity contribution is 9.10. The van der Waals surface area contributed by atoms with Gasteiger partial charge in [0.15, 0.2) is 0 Å². The summed E-state index contributed by atoms with van der Waals surface area (Å²) in [5.41, 5.74) is 2.02. The number of hydrogen-bond acceptors (Lipinski definition) is 3. The van der Waals surface area contributed by atoms with Gasteiger partial charge in [0.05, 0.1) is 23.4 Å². The summed E-state index contributed by atoms with van der Waals surface area (Å²) in [5.74, 6) is -0.406. The van der Waals surface area contributed by atoms with Crippen LogP contribution in [0.3, 0.4) is 0 Å². The minimum atomic E-state index is -0.406. The predicted octanol–water partition coefficient (Wildman–Crippen LogP) is 5.15. The molecule has 0 unspecified atom stereocenters. The quantitative estimate of drug-likeness (QED) is 0.735. The number of carbonyl (C=O) groups excluding carboxylic acids is 1. The monoisotopic (exact) mass is 387 g/mol. The second kappa shape index (κ2) is 7.16. The normalized spacial score (nSPS) is 10.3. The molecule has 110 valence electrons. The van der Waals surface area contributed by atoms with Crippen molar-refractivity contribution in [3.8, 4) is 0 Å². The Hall–Kier alpha value is -1.23. The number of ether oxygens (including phenoxy) is 1. The zero-order valence-corrected chi connectivity index (χ0v) is 14.2. The average Bonchev–Trinajstić information content (AvgIpc) is 2.47. The first kappa shape index (κ1) is 16.1. The highest BCUT2D eigenvalue weighted by atomic mass is 79.9. The molecule has 3 nitrogen and oxygen atoms in total. The standard InChI is InChI=1S/C15H12BrCl2NO2/c1-21-15(20)9-3-5-12(17)14(6-9)19-8-10-2-4-11(16)7-13(10)18/h2-7,19H,8H2,1H3. The van der Waals surface area contributed by atoms with Gasteiger partial charge in [-0.1, -0.05) is 45.2 Å². The van der Waals surface area contributed by atoms with E-state index >= 15 is 0 Å². The van der Waals surface area contributed by atoms with Crippen LogP contribution in [0.4, 0.5) is 5.69 Å². The molecule has 1 N–H and O–H groups in total. The van der Waals surface area contributed by atoms with Gasteiger partial charge < -0.3 is 10.1 Å². The third kappa shape index (κ3) is 4.13. The van der Waals surface area contributed by atoms with Gasteiger partial charge in [0.2, 0.25) is 0 Å². The second-order valence-corrected chi connectivity index (χ2v) is 6.01. The zero-order chi connectivity index (χ0) is 15.4. The van der Waals surface area contributed by atoms with Gasteiger partial charge >= 0.3 is 5.97 Å². The fourth-order valence-corrected chi connectivity index (χ4v) is 2.69. The summed E-state index contributed by atoms with van der Waals surface area (Å²) in [6, 6.07) is 10.6. The van der Waals surface area contributed by atoms with Crippen LogP contribution < -0.4 is 5.32 Å². The Labute approximate surface area is 141 Å². The highest BCUT2D eigenvalue weighted by Crippen LogP contribution is 2.26. The number of methoxy groups -OCH3 is 1. The van der Waals surface area contributed by atoms with Crippen molar-refractivity contribution in [2.24, 2.45) is 0 Å². The first-order chi connectivity index (χ1) is 10.0. The summed E-state index contributed by atoms with van der Waals surface area (Å²) in [4.78, 5) is 11.5. The van der Waals surface area contributed by atoms with Crippen LogP contribution in [-0.4, -0.2) is 13.1 Å². The third-order valence-corrected chi connectivity index (χ3v) is 4.05. The van der Waals surface area contributed by atoms with E-state index in [1.807, 2.05) is 18.2 Å². The van der Waals surface area contributed by atoms with Crippen molar-refractivity contribution in [3.63, 3.8) is 0 Å². The number of anilines is 1. The number of hydrogen-bond donors (Lipinski definition) is 1. The van der Waals surface area contributed by atoms with Gasteiger partial charge in [0, 0.05) is 16.0 Å². The minimum absolute atomic E-state index is 0.406. The Morgan fingerprint density at radius 2 is 1.95 bits per heavy atom. The average molecular weight is 389 g/mol. The predicted molar refractivity (Wildman–Crippen MR) is 89.3 cm³/mol. The van der Waals surface area contributed by atoms with Gasteiger partial charge in [0.1, 0.15) is 0 Å². The maximum absolute atomic E-state index is 11.5. The van der Waals surface area contributed by atoms with Gasteiger partial charge in [-0.2, -0.15) is 0 Å². The summed E-state index contributed by atoms with van der Waals surface area (Å²) in [6.45, 7) is 0.496. The molecule has 21 heavy (non-hydrogen) atoms. The molecule has 0 spiro atoms. The summed E-state index contributed by atoms with van der Waals surface area (Å²) < 4.78 is 5.61. The molecular weight excluding hydrogens is 377 g/mol. The molecular formula is C15H12BrCl2NO2. The van der Waals surface area contributed by atoms with Gasteiger partial charge in [0.25, 0.3) is 0 Å². The van der Waals surface area contributed by atoms with Crippen LogP contribution in [0, 0.1) is 0 Å². The molecule has 0 radical (unpaired) electrons. The zero-order valence-electron chi connectivity index (χ0n) is 11.1. The first-order valence-electron chi connectivity index (χ1n) is 6.07. The van der Waals surface area contributed by atoms with Crippen molar-refractivity contribution in [2.45, 2.75) is 6.54 Å². The fourth-order valence-electron chi connectivity index (χ4n) is 1.76. The van der Waals surface area contributed by atoms with Crippen LogP contribution in [0.2, 0.25) is 10.0 Å². The molecule has 2 aromatic carbocycles. The lowest BCUT2D eigenvalue weighted by atomic mass is 10.2. The van der Waals surface area contributed by atoms with Crippen LogP contribution in [0.1, 0.15) is 15.9 Å². The van der Waals surface area contributed by atoms with E-state index in [0.717, 1.165) is 10.0 Å². The molecule has 2 aromatic rings. The number of rotatable bonds is 4. The van der Waals surface area contributed by atoms with E-state index in [1.165, 1.54) is 7.11 Å². The van der Waals surface area contributed by atoms with Gasteiger partial charge in [-0.3, -0.25) is 0 Å². The van der Waals surface area contributed by atoms with Crippen molar-refractivity contribution in [2.75, 3.05) is 12.4 Å². The molecule has 0 fully saturated rings. The number of esters is 1. The van der Waals surface area contributed by atoms with Crippen LogP contribution in [0.15, 0.2) is 40.9 Å². The molecule has 0 aliphatic heterocycles. The van der Waals surface area contributed by atoms with Crippen molar-refractivity contribution in [1.82, 2.24) is 0 Å². The van der Waals surface area contributed by atoms with Crippen LogP contribution >= 0.6 is 39.1 Å². The van der Waals surface area contributed by atoms with Gasteiger partial charge in [-0.05, 0) is 35.9 Å². The highest BCUT2D eigenvalue weighted by Gasteiger charge is 2.09. The molecule has 0 heterocycles. The van der Waals surface area contributed by atoms with Crippen molar-refractivity contribution in [1.29, 1.82) is 0 Å². The molecule has 0 saturated carbocycles. The lowest BCUT2D eigenvalue weighted by Crippen LogP contribution is -2.05. The van der Waals surface area contributed by atoms with E-state index in [1.54, 1.807) is 18.2 Å². The van der Waals surface area contributed by atoms with Crippen LogP contribution in [0.25, 0.3) is 0 Å². The van der Waals surface area contributed by atoms with Crippen molar-refractivity contribution < 1.29 is 9.53 Å². The molecule has 2 rings (SSSR count). The fraction of sp³-hybridized carbons (Fsp3) is 0.133. The molecule has 0 aromatic heterocycles. The van der Waals surface area contributed by atoms with Crippen LogP contribution in [-0.2, 0) is 11.3 Å². The summed E-state index contributed by atoms with van der Waals surface area (Å²) >= 11 is 15.6. The largest absolute Gasteiger partial charge is 0.465 e. The summed E-state index contributed by atoms with van der Waals surface area (Å²) in [6.07, 6.45) is 0. The Balaban J connectivity index is 2.17. The van der Waals surface area contributed by atoms with E-state index < -0.39 is 5.97 Å². The van der Waals surface area contributed by atoms with E-state index in [4.69, 9.17) is 27.9 Å². The lowest BCUT2D eigenvalue weighted by molar-refractivity contribution is 0.0601. The summed E-state index contributed by atoms with van der Waals surface area (Å²) in [5, 5.41) is 4.34. The first-order valence-corrected chi connectivity index (χ1v) is 7.62. The number of halogens is 3. The number of nitrogens with one attached hydrogen (secondary N) is 1. The lowest BCUT2D eigenvalue weighted by Gasteiger charge is -2.11. The van der Waals surface area contributed by atoms with Crippen LogP contribution in [0.5, 0.6) is 0 Å². The van der Waals surface area contributed by atoms with E-state index in [2.05, 4.69) is 21.2 Å². The molecule has 0 aliphatic carbocycles. The van der Waals surface area contributed by atoms with Gasteiger partial charge in [-0.25, -0.2) is 4.79 Å².